The molecule has 2 aromatic carbocycles. The number of carbonyl (C=O) groups is 1. The van der Waals surface area contributed by atoms with Crippen LogP contribution in [0, 0.1) is 0 Å². The molecule has 3 rings (SSSR count). The molecule has 5 heteroatoms. The molecular formula is C21H25N3O2. The number of hydrogen-bond donors (Lipinski definition) is 2. The Morgan fingerprint density at radius 2 is 1.96 bits per heavy atom. The summed E-state index contributed by atoms with van der Waals surface area (Å²) in [6, 6.07) is 12.3. The van der Waals surface area contributed by atoms with Crippen molar-refractivity contribution >= 4 is 17.8 Å². The Balaban J connectivity index is 1.73. The second kappa shape index (κ2) is 6.83. The Morgan fingerprint density at radius 1 is 1.27 bits per heavy atom. The molecule has 2 N–H and O–H groups in total. The fourth-order valence-electron chi connectivity index (χ4n) is 3.52. The van der Waals surface area contributed by atoms with Crippen molar-refractivity contribution in [2.75, 3.05) is 11.9 Å². The van der Waals surface area contributed by atoms with E-state index in [0.717, 1.165) is 12.0 Å². The van der Waals surface area contributed by atoms with Crippen molar-refractivity contribution in [3.05, 3.63) is 59.2 Å². The van der Waals surface area contributed by atoms with Gasteiger partial charge in [0.25, 0.3) is 5.91 Å². The topological polar surface area (TPSA) is 64.9 Å². The van der Waals surface area contributed by atoms with Crippen LogP contribution in [0.1, 0.15) is 54.6 Å². The predicted octanol–water partition coefficient (Wildman–Crippen LogP) is 3.88. The number of phenols is 1. The lowest BCUT2D eigenvalue weighted by Gasteiger charge is -2.45. The Labute approximate surface area is 154 Å². The molecule has 0 aliphatic carbocycles. The summed E-state index contributed by atoms with van der Waals surface area (Å²) >= 11 is 0. The SMILES string of the molecule is CC1CC(C)(C)N(C)c2ccc(/C=N\NC(=O)c3ccc(O)cc3)cc21. The molecule has 5 nitrogen and oxygen atoms in total. The summed E-state index contributed by atoms with van der Waals surface area (Å²) < 4.78 is 0. The Morgan fingerprint density at radius 3 is 2.65 bits per heavy atom. The first-order valence-corrected chi connectivity index (χ1v) is 8.78. The highest BCUT2D eigenvalue weighted by Gasteiger charge is 2.33. The summed E-state index contributed by atoms with van der Waals surface area (Å²) in [7, 11) is 2.14. The number of nitrogens with zero attached hydrogens (tertiary/aromatic N) is 2. The second-order valence-electron chi connectivity index (χ2n) is 7.54. The monoisotopic (exact) mass is 351 g/mol. The van der Waals surface area contributed by atoms with Crippen molar-refractivity contribution < 1.29 is 9.90 Å². The zero-order valence-electron chi connectivity index (χ0n) is 15.7. The lowest BCUT2D eigenvalue weighted by atomic mass is 9.80. The average Bonchev–Trinajstić information content (AvgIpc) is 2.60. The van der Waals surface area contributed by atoms with Crippen molar-refractivity contribution in [3.8, 4) is 5.75 Å². The first-order valence-electron chi connectivity index (χ1n) is 8.78. The van der Waals surface area contributed by atoms with Crippen LogP contribution < -0.4 is 10.3 Å². The van der Waals surface area contributed by atoms with Crippen LogP contribution in [0.4, 0.5) is 5.69 Å². The van der Waals surface area contributed by atoms with Gasteiger partial charge in [-0.15, -0.1) is 0 Å². The highest BCUT2D eigenvalue weighted by molar-refractivity contribution is 5.95. The van der Waals surface area contributed by atoms with Crippen molar-refractivity contribution in [3.63, 3.8) is 0 Å². The van der Waals surface area contributed by atoms with Gasteiger partial charge in [-0.2, -0.15) is 5.10 Å². The standard InChI is InChI=1S/C21H25N3O2/c1-14-12-21(2,3)24(4)19-10-5-15(11-18(14)19)13-22-23-20(26)16-6-8-17(25)9-7-16/h5-11,13-14,25H,12H2,1-4H3,(H,23,26)/b22-13-. The highest BCUT2D eigenvalue weighted by Crippen LogP contribution is 2.42. The van der Waals surface area contributed by atoms with Crippen molar-refractivity contribution in [1.82, 2.24) is 5.43 Å². The lowest BCUT2D eigenvalue weighted by Crippen LogP contribution is -2.45. The largest absolute Gasteiger partial charge is 0.508 e. The molecule has 1 atom stereocenters. The third-order valence-corrected chi connectivity index (χ3v) is 5.17. The van der Waals surface area contributed by atoms with Gasteiger partial charge >= 0.3 is 0 Å². The molecule has 0 aromatic heterocycles. The van der Waals surface area contributed by atoms with Crippen molar-refractivity contribution in [2.24, 2.45) is 5.10 Å². The van der Waals surface area contributed by atoms with E-state index >= 15 is 0 Å². The molecule has 0 saturated carbocycles. The van der Waals surface area contributed by atoms with Crippen LogP contribution >= 0.6 is 0 Å². The van der Waals surface area contributed by atoms with Crippen LogP contribution in [0.5, 0.6) is 5.75 Å². The first-order chi connectivity index (χ1) is 12.3. The van der Waals surface area contributed by atoms with Gasteiger partial charge in [-0.1, -0.05) is 13.0 Å². The number of phenolic OH excluding ortho intramolecular Hbond substituents is 1. The van der Waals surface area contributed by atoms with Crippen molar-refractivity contribution in [2.45, 2.75) is 38.6 Å². The Kier molecular flexibility index (Phi) is 4.72. The van der Waals surface area contributed by atoms with Crippen LogP contribution in [-0.4, -0.2) is 29.8 Å². The highest BCUT2D eigenvalue weighted by atomic mass is 16.3. The molecule has 0 fully saturated rings. The van der Waals surface area contributed by atoms with Gasteiger partial charge in [0.1, 0.15) is 5.75 Å². The molecule has 1 aliphatic rings. The summed E-state index contributed by atoms with van der Waals surface area (Å²) in [5.41, 5.74) is 6.61. The molecule has 1 heterocycles. The second-order valence-corrected chi connectivity index (χ2v) is 7.54. The molecule has 26 heavy (non-hydrogen) atoms. The van der Waals surface area contributed by atoms with Gasteiger partial charge in [0.15, 0.2) is 0 Å². The zero-order chi connectivity index (χ0) is 18.9. The van der Waals surface area contributed by atoms with Gasteiger partial charge in [-0.05, 0) is 73.7 Å². The van der Waals surface area contributed by atoms with E-state index in [2.05, 4.69) is 55.4 Å². The molecule has 136 valence electrons. The molecule has 0 bridgehead atoms. The van der Waals surface area contributed by atoms with Crippen LogP contribution in [0.15, 0.2) is 47.6 Å². The number of fused-ring (bicyclic) bond motifs is 1. The molecule has 0 spiro atoms. The molecular weight excluding hydrogens is 326 g/mol. The number of hydrogen-bond acceptors (Lipinski definition) is 4. The fraction of sp³-hybridized carbons (Fsp3) is 0.333. The average molecular weight is 351 g/mol. The van der Waals surface area contributed by atoms with Gasteiger partial charge in [-0.25, -0.2) is 5.43 Å². The van der Waals surface area contributed by atoms with E-state index in [1.807, 2.05) is 6.07 Å². The summed E-state index contributed by atoms with van der Waals surface area (Å²) in [5.74, 6) is 0.284. The number of aromatic hydroxyl groups is 1. The molecule has 1 unspecified atom stereocenters. The van der Waals surface area contributed by atoms with E-state index in [4.69, 9.17) is 0 Å². The van der Waals surface area contributed by atoms with Crippen LogP contribution in [0.2, 0.25) is 0 Å². The van der Waals surface area contributed by atoms with Gasteiger partial charge in [0.2, 0.25) is 0 Å². The summed E-state index contributed by atoms with van der Waals surface area (Å²) in [6.45, 7) is 6.78. The smallest absolute Gasteiger partial charge is 0.271 e. The maximum absolute atomic E-state index is 12.0. The van der Waals surface area contributed by atoms with Crippen LogP contribution in [0.3, 0.4) is 0 Å². The third kappa shape index (κ3) is 3.57. The van der Waals surface area contributed by atoms with E-state index in [0.29, 0.717) is 11.5 Å². The van der Waals surface area contributed by atoms with Gasteiger partial charge in [0.05, 0.1) is 6.21 Å². The van der Waals surface area contributed by atoms with E-state index < -0.39 is 0 Å². The normalized spacial score (nSPS) is 18.6. The van der Waals surface area contributed by atoms with E-state index in [-0.39, 0.29) is 17.2 Å². The minimum absolute atomic E-state index is 0.126. The summed E-state index contributed by atoms with van der Waals surface area (Å²) in [4.78, 5) is 14.4. The number of benzene rings is 2. The van der Waals surface area contributed by atoms with Crippen molar-refractivity contribution in [1.29, 1.82) is 0 Å². The number of amides is 1. The molecule has 1 amide bonds. The number of hydrazone groups is 1. The van der Waals surface area contributed by atoms with E-state index in [9.17, 15) is 9.90 Å². The van der Waals surface area contributed by atoms with Gasteiger partial charge in [0, 0.05) is 23.8 Å². The van der Waals surface area contributed by atoms with Gasteiger partial charge < -0.3 is 10.0 Å². The maximum Gasteiger partial charge on any atom is 0.271 e. The summed E-state index contributed by atoms with van der Waals surface area (Å²) in [5, 5.41) is 13.3. The molecule has 0 saturated heterocycles. The van der Waals surface area contributed by atoms with Gasteiger partial charge in [-0.3, -0.25) is 4.79 Å². The first kappa shape index (κ1) is 18.0. The maximum atomic E-state index is 12.0. The predicted molar refractivity (Wildman–Crippen MR) is 105 cm³/mol. The van der Waals surface area contributed by atoms with E-state index in [1.54, 1.807) is 18.3 Å². The zero-order valence-corrected chi connectivity index (χ0v) is 15.7. The number of carbonyl (C=O) groups excluding carboxylic acids is 1. The third-order valence-electron chi connectivity index (χ3n) is 5.17. The minimum atomic E-state index is -0.311. The minimum Gasteiger partial charge on any atom is -0.508 e. The molecule has 0 radical (unpaired) electrons. The lowest BCUT2D eigenvalue weighted by molar-refractivity contribution is 0.0955. The number of rotatable bonds is 3. The van der Waals surface area contributed by atoms with Crippen LogP contribution in [0.25, 0.3) is 0 Å². The molecule has 2 aromatic rings. The Hall–Kier alpha value is -2.82. The fourth-order valence-corrected chi connectivity index (χ4v) is 3.52. The number of anilines is 1. The summed E-state index contributed by atoms with van der Waals surface area (Å²) in [6.07, 6.45) is 2.75. The Bertz CT molecular complexity index is 841. The quantitative estimate of drug-likeness (QED) is 0.651. The van der Waals surface area contributed by atoms with Crippen LogP contribution in [-0.2, 0) is 0 Å². The number of nitrogens with one attached hydrogen (secondary N) is 1. The molecule has 1 aliphatic heterocycles. The van der Waals surface area contributed by atoms with E-state index in [1.165, 1.54) is 23.4 Å².